The molecule has 0 radical (unpaired) electrons. The first-order chi connectivity index (χ1) is 19.9. The number of anilines is 1. The number of alkyl carbamates (subject to hydrolysis) is 1. The van der Waals surface area contributed by atoms with E-state index in [0.717, 1.165) is 44.1 Å². The van der Waals surface area contributed by atoms with Crippen molar-refractivity contribution in [1.82, 2.24) is 10.3 Å². The summed E-state index contributed by atoms with van der Waals surface area (Å²) < 4.78 is 16.1. The zero-order valence-electron chi connectivity index (χ0n) is 24.4. The number of amides is 2. The number of aryl methyl sites for hydroxylation is 2. The summed E-state index contributed by atoms with van der Waals surface area (Å²) in [6.45, 7) is 5.57. The van der Waals surface area contributed by atoms with Crippen LogP contribution in [0.1, 0.15) is 78.7 Å². The van der Waals surface area contributed by atoms with Gasteiger partial charge in [-0.15, -0.1) is 0 Å². The molecule has 0 bridgehead atoms. The summed E-state index contributed by atoms with van der Waals surface area (Å²) in [4.78, 5) is 53.3. The lowest BCUT2D eigenvalue weighted by molar-refractivity contribution is -0.140. The highest BCUT2D eigenvalue weighted by molar-refractivity contribution is 9.10. The minimum atomic E-state index is -0.620. The van der Waals surface area contributed by atoms with Gasteiger partial charge in [0.25, 0.3) is 0 Å². The van der Waals surface area contributed by atoms with Crippen LogP contribution in [0, 0.1) is 0 Å². The zero-order valence-corrected chi connectivity index (χ0v) is 26.0. The number of aromatic nitrogens is 1. The number of carbonyl (C=O) groups excluding carboxylic acids is 4. The predicted octanol–water partition coefficient (Wildman–Crippen LogP) is 5.91. The first kappa shape index (κ1) is 31.1. The molecule has 1 aromatic heterocycles. The summed E-state index contributed by atoms with van der Waals surface area (Å²) >= 11 is 3.54. The Balaban J connectivity index is 1.54. The van der Waals surface area contributed by atoms with Gasteiger partial charge in [-0.3, -0.25) is 9.59 Å². The SMILES string of the molecule is COC(=O)CCc1cc(CNC(=O)OC(C)(C)C)ccc1NC(=O)CC1CCc2cc(Br)cc3[nH]c(C(=O)OC)c1c23. The molecule has 2 aromatic carbocycles. The van der Waals surface area contributed by atoms with Crippen LogP contribution in [-0.2, 0) is 43.2 Å². The number of aromatic amines is 1. The number of benzene rings is 2. The van der Waals surface area contributed by atoms with E-state index in [4.69, 9.17) is 14.2 Å². The van der Waals surface area contributed by atoms with Gasteiger partial charge >= 0.3 is 18.0 Å². The number of rotatable bonds is 9. The molecule has 1 heterocycles. The number of esters is 2. The van der Waals surface area contributed by atoms with Crippen LogP contribution < -0.4 is 10.6 Å². The molecule has 1 unspecified atom stereocenters. The van der Waals surface area contributed by atoms with E-state index in [9.17, 15) is 19.2 Å². The van der Waals surface area contributed by atoms with Gasteiger partial charge in [-0.25, -0.2) is 9.59 Å². The number of carbonyl (C=O) groups is 4. The van der Waals surface area contributed by atoms with E-state index < -0.39 is 17.7 Å². The Kier molecular flexibility index (Phi) is 9.60. The highest BCUT2D eigenvalue weighted by Gasteiger charge is 2.31. The monoisotopic (exact) mass is 641 g/mol. The fourth-order valence-electron chi connectivity index (χ4n) is 5.29. The Morgan fingerprint density at radius 1 is 1.07 bits per heavy atom. The number of hydrogen-bond donors (Lipinski definition) is 3. The third-order valence-corrected chi connectivity index (χ3v) is 7.54. The maximum Gasteiger partial charge on any atom is 0.407 e. The number of methoxy groups -OCH3 is 2. The van der Waals surface area contributed by atoms with Crippen molar-refractivity contribution in [3.63, 3.8) is 0 Å². The number of halogens is 1. The minimum absolute atomic E-state index is 0.126. The van der Waals surface area contributed by atoms with Crippen molar-refractivity contribution in [1.29, 1.82) is 0 Å². The molecule has 42 heavy (non-hydrogen) atoms. The number of nitrogens with one attached hydrogen (secondary N) is 3. The Morgan fingerprint density at radius 2 is 1.83 bits per heavy atom. The minimum Gasteiger partial charge on any atom is -0.469 e. The van der Waals surface area contributed by atoms with Gasteiger partial charge in [-0.1, -0.05) is 28.1 Å². The second-order valence-electron chi connectivity index (χ2n) is 11.3. The van der Waals surface area contributed by atoms with Crippen LogP contribution in [-0.4, -0.2) is 48.7 Å². The first-order valence-electron chi connectivity index (χ1n) is 13.8. The molecule has 0 aliphatic heterocycles. The normalized spacial score (nSPS) is 14.3. The topological polar surface area (TPSA) is 136 Å². The van der Waals surface area contributed by atoms with Crippen molar-refractivity contribution in [2.24, 2.45) is 0 Å². The molecule has 1 atom stereocenters. The van der Waals surface area contributed by atoms with Gasteiger partial charge in [0, 0.05) is 40.4 Å². The lowest BCUT2D eigenvalue weighted by Crippen LogP contribution is -2.32. The summed E-state index contributed by atoms with van der Waals surface area (Å²) in [5.74, 6) is -1.26. The number of ether oxygens (including phenoxy) is 3. The summed E-state index contributed by atoms with van der Waals surface area (Å²) in [6.07, 6.45) is 1.54. The summed E-state index contributed by atoms with van der Waals surface area (Å²) in [5.41, 5.74) is 4.56. The van der Waals surface area contributed by atoms with Crippen LogP contribution in [0.4, 0.5) is 10.5 Å². The lowest BCUT2D eigenvalue weighted by Gasteiger charge is -2.24. The Hall–Kier alpha value is -3.86. The van der Waals surface area contributed by atoms with E-state index in [2.05, 4.69) is 31.5 Å². The highest BCUT2D eigenvalue weighted by atomic mass is 79.9. The van der Waals surface area contributed by atoms with Crippen LogP contribution in [0.2, 0.25) is 0 Å². The first-order valence-corrected chi connectivity index (χ1v) is 14.6. The van der Waals surface area contributed by atoms with Crippen LogP contribution in [0.5, 0.6) is 0 Å². The smallest absolute Gasteiger partial charge is 0.407 e. The van der Waals surface area contributed by atoms with Gasteiger partial charge in [0.2, 0.25) is 5.91 Å². The number of H-pyrrole nitrogens is 1. The molecule has 1 aliphatic rings. The van der Waals surface area contributed by atoms with E-state index >= 15 is 0 Å². The molecule has 3 N–H and O–H groups in total. The summed E-state index contributed by atoms with van der Waals surface area (Å²) in [6, 6.07) is 9.37. The molecule has 4 rings (SSSR count). The number of hydrogen-bond acceptors (Lipinski definition) is 7. The molecule has 2 amide bonds. The van der Waals surface area contributed by atoms with E-state index in [1.165, 1.54) is 14.2 Å². The molecule has 0 saturated heterocycles. The second-order valence-corrected chi connectivity index (χ2v) is 12.2. The van der Waals surface area contributed by atoms with Gasteiger partial charge in [-0.2, -0.15) is 0 Å². The molecular formula is C31H36BrN3O7. The molecular weight excluding hydrogens is 606 g/mol. The Morgan fingerprint density at radius 3 is 2.52 bits per heavy atom. The zero-order chi connectivity index (χ0) is 30.6. The fourth-order valence-corrected chi connectivity index (χ4v) is 5.80. The van der Waals surface area contributed by atoms with Crippen molar-refractivity contribution >= 4 is 56.5 Å². The molecule has 11 heteroatoms. The third-order valence-electron chi connectivity index (χ3n) is 7.08. The molecule has 3 aromatic rings. The molecule has 0 saturated carbocycles. The van der Waals surface area contributed by atoms with E-state index in [1.54, 1.807) is 32.9 Å². The third kappa shape index (κ3) is 7.50. The fraction of sp³-hybridized carbons (Fsp3) is 0.419. The standard InChI is InChI=1S/C31H36BrN3O7/c1-31(2,3)42-30(39)33-16-17-6-10-22(18(12-17)9-11-25(37)40-4)34-24(36)14-20-8-7-19-13-21(32)15-23-26(19)27(20)28(35-23)29(38)41-5/h6,10,12-13,15,20,35H,7-9,11,14,16H2,1-5H3,(H,33,39)(H,34,36). The molecule has 0 spiro atoms. The predicted molar refractivity (Wildman–Crippen MR) is 161 cm³/mol. The summed E-state index contributed by atoms with van der Waals surface area (Å²) in [5, 5.41) is 6.69. The molecule has 224 valence electrons. The van der Waals surface area contributed by atoms with Gasteiger partial charge in [0.1, 0.15) is 11.3 Å². The van der Waals surface area contributed by atoms with Crippen LogP contribution in [0.15, 0.2) is 34.8 Å². The van der Waals surface area contributed by atoms with Gasteiger partial charge in [-0.05, 0) is 86.4 Å². The van der Waals surface area contributed by atoms with Crippen molar-refractivity contribution in [3.8, 4) is 0 Å². The maximum absolute atomic E-state index is 13.4. The van der Waals surface area contributed by atoms with Crippen molar-refractivity contribution in [2.45, 2.75) is 70.9 Å². The van der Waals surface area contributed by atoms with E-state index in [0.29, 0.717) is 24.2 Å². The molecule has 0 fully saturated rings. The average molecular weight is 643 g/mol. The van der Waals surface area contributed by atoms with Crippen LogP contribution in [0.25, 0.3) is 10.9 Å². The van der Waals surface area contributed by atoms with Crippen molar-refractivity contribution < 1.29 is 33.4 Å². The Labute approximate surface area is 253 Å². The largest absolute Gasteiger partial charge is 0.469 e. The Bertz CT molecular complexity index is 1520. The quantitative estimate of drug-likeness (QED) is 0.195. The second kappa shape index (κ2) is 13.0. The van der Waals surface area contributed by atoms with Gasteiger partial charge in [0.05, 0.1) is 14.2 Å². The van der Waals surface area contributed by atoms with Crippen molar-refractivity contribution in [2.75, 3.05) is 19.5 Å². The highest BCUT2D eigenvalue weighted by Crippen LogP contribution is 2.42. The van der Waals surface area contributed by atoms with Crippen LogP contribution in [0.3, 0.4) is 0 Å². The van der Waals surface area contributed by atoms with E-state index in [-0.39, 0.29) is 37.2 Å². The summed E-state index contributed by atoms with van der Waals surface area (Å²) in [7, 11) is 2.66. The lowest BCUT2D eigenvalue weighted by atomic mass is 9.81. The molecule has 1 aliphatic carbocycles. The average Bonchev–Trinajstić information content (AvgIpc) is 3.31. The van der Waals surface area contributed by atoms with Crippen molar-refractivity contribution in [3.05, 3.63) is 62.8 Å². The van der Waals surface area contributed by atoms with Gasteiger partial charge < -0.3 is 29.8 Å². The maximum atomic E-state index is 13.4. The van der Waals surface area contributed by atoms with E-state index in [1.807, 2.05) is 18.2 Å². The molecule has 10 nitrogen and oxygen atoms in total. The van der Waals surface area contributed by atoms with Crippen LogP contribution >= 0.6 is 15.9 Å². The van der Waals surface area contributed by atoms with Gasteiger partial charge in [0.15, 0.2) is 0 Å².